The fourth-order valence-corrected chi connectivity index (χ4v) is 1.67. The molecule has 0 saturated heterocycles. The predicted octanol–water partition coefficient (Wildman–Crippen LogP) is 4.60. The van der Waals surface area contributed by atoms with Gasteiger partial charge >= 0.3 is 6.18 Å². The topological polar surface area (TPSA) is 12.0 Å². The maximum atomic E-state index is 13.3. The number of hydrogen-bond donors (Lipinski definition) is 1. The van der Waals surface area contributed by atoms with Gasteiger partial charge in [-0.1, -0.05) is 18.2 Å². The number of hydrogen-bond acceptors (Lipinski definition) is 1. The van der Waals surface area contributed by atoms with Gasteiger partial charge in [0.25, 0.3) is 0 Å². The molecule has 106 valence electrons. The number of para-hydroxylation sites is 1. The molecule has 1 N–H and O–H groups in total. The summed E-state index contributed by atoms with van der Waals surface area (Å²) in [5, 5.41) is 2.52. The van der Waals surface area contributed by atoms with Gasteiger partial charge < -0.3 is 5.32 Å². The SMILES string of the molecule is Fc1cccc(F)c1NCc1ccc(C(F)(F)F)cc1. The molecule has 0 amide bonds. The molecule has 2 aromatic rings. The lowest BCUT2D eigenvalue weighted by Crippen LogP contribution is -2.06. The molecule has 0 aromatic heterocycles. The molecule has 20 heavy (non-hydrogen) atoms. The van der Waals surface area contributed by atoms with E-state index in [4.69, 9.17) is 0 Å². The molecule has 1 nitrogen and oxygen atoms in total. The van der Waals surface area contributed by atoms with Gasteiger partial charge in [0.2, 0.25) is 0 Å². The van der Waals surface area contributed by atoms with Crippen LogP contribution in [0.1, 0.15) is 11.1 Å². The van der Waals surface area contributed by atoms with Crippen molar-refractivity contribution < 1.29 is 22.0 Å². The van der Waals surface area contributed by atoms with Crippen LogP contribution in [-0.2, 0) is 12.7 Å². The maximum Gasteiger partial charge on any atom is 0.416 e. The van der Waals surface area contributed by atoms with Crippen molar-refractivity contribution in [2.45, 2.75) is 12.7 Å². The lowest BCUT2D eigenvalue weighted by molar-refractivity contribution is -0.137. The lowest BCUT2D eigenvalue weighted by atomic mass is 10.1. The third-order valence-corrected chi connectivity index (χ3v) is 2.71. The van der Waals surface area contributed by atoms with E-state index in [1.165, 1.54) is 18.2 Å². The summed E-state index contributed by atoms with van der Waals surface area (Å²) >= 11 is 0. The highest BCUT2D eigenvalue weighted by atomic mass is 19.4. The Kier molecular flexibility index (Phi) is 3.92. The third-order valence-electron chi connectivity index (χ3n) is 2.71. The van der Waals surface area contributed by atoms with Gasteiger partial charge in [0.15, 0.2) is 0 Å². The summed E-state index contributed by atoms with van der Waals surface area (Å²) in [6.45, 7) is 0.0238. The van der Waals surface area contributed by atoms with Crippen molar-refractivity contribution >= 4 is 5.69 Å². The van der Waals surface area contributed by atoms with Crippen molar-refractivity contribution in [1.82, 2.24) is 0 Å². The number of alkyl halides is 3. The Morgan fingerprint density at radius 2 is 1.40 bits per heavy atom. The third kappa shape index (κ3) is 3.26. The molecule has 2 rings (SSSR count). The normalized spacial score (nSPS) is 11.4. The summed E-state index contributed by atoms with van der Waals surface area (Å²) in [4.78, 5) is 0. The minimum absolute atomic E-state index is 0.0238. The predicted molar refractivity (Wildman–Crippen MR) is 65.1 cm³/mol. The number of halogens is 5. The van der Waals surface area contributed by atoms with Gasteiger partial charge in [0, 0.05) is 6.54 Å². The van der Waals surface area contributed by atoms with Crippen molar-refractivity contribution in [2.75, 3.05) is 5.32 Å². The molecule has 0 saturated carbocycles. The molecule has 2 aromatic carbocycles. The first-order valence-corrected chi connectivity index (χ1v) is 5.72. The van der Waals surface area contributed by atoms with Crippen LogP contribution in [0.15, 0.2) is 42.5 Å². The molecule has 0 spiro atoms. The summed E-state index contributed by atoms with van der Waals surface area (Å²) in [7, 11) is 0. The molecule has 6 heteroatoms. The molecular weight excluding hydrogens is 277 g/mol. The van der Waals surface area contributed by atoms with E-state index in [2.05, 4.69) is 5.32 Å². The van der Waals surface area contributed by atoms with Gasteiger partial charge in [-0.25, -0.2) is 8.78 Å². The Bertz CT molecular complexity index is 569. The van der Waals surface area contributed by atoms with E-state index in [9.17, 15) is 22.0 Å². The first kappa shape index (κ1) is 14.3. The molecule has 0 bridgehead atoms. The highest BCUT2D eigenvalue weighted by molar-refractivity contribution is 5.46. The van der Waals surface area contributed by atoms with E-state index in [1.54, 1.807) is 0 Å². The number of nitrogens with one attached hydrogen (secondary N) is 1. The van der Waals surface area contributed by atoms with Crippen LogP contribution in [0.25, 0.3) is 0 Å². The molecule has 0 aliphatic rings. The second-order valence-electron chi connectivity index (χ2n) is 4.14. The van der Waals surface area contributed by atoms with Crippen molar-refractivity contribution in [3.05, 3.63) is 65.2 Å². The van der Waals surface area contributed by atoms with Crippen LogP contribution in [0.3, 0.4) is 0 Å². The number of benzene rings is 2. The Hall–Kier alpha value is -2.11. The van der Waals surface area contributed by atoms with E-state index in [1.807, 2.05) is 0 Å². The fraction of sp³-hybridized carbons (Fsp3) is 0.143. The highest BCUT2D eigenvalue weighted by Crippen LogP contribution is 2.29. The summed E-state index contributed by atoms with van der Waals surface area (Å²) < 4.78 is 63.7. The zero-order valence-corrected chi connectivity index (χ0v) is 10.1. The molecule has 0 aliphatic heterocycles. The smallest absolute Gasteiger partial charge is 0.376 e. The zero-order chi connectivity index (χ0) is 14.8. The Labute approximate surface area is 112 Å². The van der Waals surface area contributed by atoms with Crippen molar-refractivity contribution in [3.8, 4) is 0 Å². The van der Waals surface area contributed by atoms with E-state index >= 15 is 0 Å². The van der Waals surface area contributed by atoms with E-state index in [0.29, 0.717) is 5.56 Å². The minimum atomic E-state index is -4.40. The van der Waals surface area contributed by atoms with Crippen LogP contribution >= 0.6 is 0 Å². The minimum Gasteiger partial charge on any atom is -0.376 e. The van der Waals surface area contributed by atoms with Gasteiger partial charge in [-0.3, -0.25) is 0 Å². The molecule has 0 aliphatic carbocycles. The highest BCUT2D eigenvalue weighted by Gasteiger charge is 2.29. The summed E-state index contributed by atoms with van der Waals surface area (Å²) in [5.41, 5.74) is -0.577. The van der Waals surface area contributed by atoms with Crippen LogP contribution in [0.4, 0.5) is 27.6 Å². The average Bonchev–Trinajstić information content (AvgIpc) is 2.37. The molecule has 0 radical (unpaired) electrons. The summed E-state index contributed by atoms with van der Waals surface area (Å²) in [6, 6.07) is 7.79. The Morgan fingerprint density at radius 1 is 0.850 bits per heavy atom. The molecular formula is C14H10F5N. The first-order valence-electron chi connectivity index (χ1n) is 5.72. The standard InChI is InChI=1S/C14H10F5N/c15-11-2-1-3-12(16)13(11)20-8-9-4-6-10(7-5-9)14(17,18)19/h1-7,20H,8H2. The Balaban J connectivity index is 2.08. The molecule has 0 atom stereocenters. The second-order valence-corrected chi connectivity index (χ2v) is 4.14. The van der Waals surface area contributed by atoms with Crippen LogP contribution < -0.4 is 5.32 Å². The Morgan fingerprint density at radius 3 is 1.90 bits per heavy atom. The van der Waals surface area contributed by atoms with E-state index < -0.39 is 23.4 Å². The largest absolute Gasteiger partial charge is 0.416 e. The van der Waals surface area contributed by atoms with Crippen molar-refractivity contribution in [2.24, 2.45) is 0 Å². The average molecular weight is 287 g/mol. The summed E-state index contributed by atoms with van der Waals surface area (Å²) in [5.74, 6) is -1.51. The zero-order valence-electron chi connectivity index (χ0n) is 10.1. The lowest BCUT2D eigenvalue weighted by Gasteiger charge is -2.10. The maximum absolute atomic E-state index is 13.3. The van der Waals surface area contributed by atoms with Gasteiger partial charge in [0.05, 0.1) is 5.56 Å². The van der Waals surface area contributed by atoms with Crippen molar-refractivity contribution in [3.63, 3.8) is 0 Å². The van der Waals surface area contributed by atoms with Crippen LogP contribution in [0.5, 0.6) is 0 Å². The molecule has 0 heterocycles. The monoisotopic (exact) mass is 287 g/mol. The van der Waals surface area contributed by atoms with Gasteiger partial charge in [-0.05, 0) is 29.8 Å². The fourth-order valence-electron chi connectivity index (χ4n) is 1.67. The number of anilines is 1. The first-order chi connectivity index (χ1) is 9.38. The van der Waals surface area contributed by atoms with Crippen LogP contribution in [-0.4, -0.2) is 0 Å². The van der Waals surface area contributed by atoms with Crippen LogP contribution in [0, 0.1) is 11.6 Å². The van der Waals surface area contributed by atoms with Crippen molar-refractivity contribution in [1.29, 1.82) is 0 Å². The second kappa shape index (κ2) is 5.48. The quantitative estimate of drug-likeness (QED) is 0.814. The van der Waals surface area contributed by atoms with Gasteiger partial charge in [-0.15, -0.1) is 0 Å². The summed E-state index contributed by atoms with van der Waals surface area (Å²) in [6.07, 6.45) is -4.40. The van der Waals surface area contributed by atoms with E-state index in [0.717, 1.165) is 24.3 Å². The van der Waals surface area contributed by atoms with Gasteiger partial charge in [-0.2, -0.15) is 13.2 Å². The van der Waals surface area contributed by atoms with Gasteiger partial charge in [0.1, 0.15) is 17.3 Å². The van der Waals surface area contributed by atoms with Crippen LogP contribution in [0.2, 0.25) is 0 Å². The number of rotatable bonds is 3. The molecule has 0 fully saturated rings. The molecule has 0 unspecified atom stereocenters. The van der Waals surface area contributed by atoms with E-state index in [-0.39, 0.29) is 12.2 Å².